The van der Waals surface area contributed by atoms with Crippen molar-refractivity contribution in [1.82, 2.24) is 5.32 Å². The Morgan fingerprint density at radius 1 is 1.38 bits per heavy atom. The minimum atomic E-state index is -4.07. The highest BCUT2D eigenvalue weighted by atomic mass is 35.7. The molecule has 0 bridgehead atoms. The van der Waals surface area contributed by atoms with Crippen molar-refractivity contribution in [1.29, 1.82) is 0 Å². The van der Waals surface area contributed by atoms with Crippen LogP contribution >= 0.6 is 33.9 Å². The summed E-state index contributed by atoms with van der Waals surface area (Å²) in [7, 11) is 1.21. The van der Waals surface area contributed by atoms with Gasteiger partial charge in [-0.3, -0.25) is 4.79 Å². The third kappa shape index (κ3) is 3.83. The standard InChI is InChI=1S/C13H14Cl3NO3S/c1-13(2)5-7(13)6-17-12(18)9-3-8(14)4-10(11(9)15)21(16,19)20/h3-4,7H,5-6H2,1-2H3,(H,17,18). The summed E-state index contributed by atoms with van der Waals surface area (Å²) >= 11 is 11.8. The van der Waals surface area contributed by atoms with Gasteiger partial charge in [-0.25, -0.2) is 8.42 Å². The topological polar surface area (TPSA) is 63.2 Å². The van der Waals surface area contributed by atoms with Crippen LogP contribution in [0.5, 0.6) is 0 Å². The number of benzene rings is 1. The maximum Gasteiger partial charge on any atom is 0.262 e. The van der Waals surface area contributed by atoms with Crippen molar-refractivity contribution < 1.29 is 13.2 Å². The Hall–Kier alpha value is -0.490. The molecular formula is C13H14Cl3NO3S. The van der Waals surface area contributed by atoms with Crippen molar-refractivity contribution in [3.05, 3.63) is 27.7 Å². The van der Waals surface area contributed by atoms with Crippen LogP contribution in [-0.4, -0.2) is 20.9 Å². The van der Waals surface area contributed by atoms with E-state index in [1.165, 1.54) is 6.07 Å². The number of hydrogen-bond acceptors (Lipinski definition) is 3. The first-order valence-electron chi connectivity index (χ1n) is 6.24. The Morgan fingerprint density at radius 2 is 1.95 bits per heavy atom. The smallest absolute Gasteiger partial charge is 0.262 e. The molecule has 1 aromatic rings. The largest absolute Gasteiger partial charge is 0.352 e. The van der Waals surface area contributed by atoms with Gasteiger partial charge in [-0.15, -0.1) is 0 Å². The summed E-state index contributed by atoms with van der Waals surface area (Å²) in [5.74, 6) is -0.0533. The molecule has 2 rings (SSSR count). The Kier molecular flexibility index (Phi) is 4.51. The van der Waals surface area contributed by atoms with Crippen LogP contribution in [0.1, 0.15) is 30.6 Å². The van der Waals surface area contributed by atoms with E-state index >= 15 is 0 Å². The zero-order chi connectivity index (χ0) is 16.0. The second-order valence-electron chi connectivity index (χ2n) is 5.80. The number of nitrogens with one attached hydrogen (secondary N) is 1. The highest BCUT2D eigenvalue weighted by molar-refractivity contribution is 8.13. The lowest BCUT2D eigenvalue weighted by atomic mass is 10.1. The molecular weight excluding hydrogens is 357 g/mol. The summed E-state index contributed by atoms with van der Waals surface area (Å²) in [4.78, 5) is 11.8. The van der Waals surface area contributed by atoms with E-state index in [9.17, 15) is 13.2 Å². The molecule has 0 spiro atoms. The second-order valence-corrected chi connectivity index (χ2v) is 9.15. The molecule has 0 aromatic heterocycles. The summed E-state index contributed by atoms with van der Waals surface area (Å²) in [5.41, 5.74) is 0.234. The summed E-state index contributed by atoms with van der Waals surface area (Å²) in [6, 6.07) is 2.44. The molecule has 1 aliphatic rings. The van der Waals surface area contributed by atoms with E-state index < -0.39 is 15.0 Å². The molecule has 8 heteroatoms. The molecule has 1 saturated carbocycles. The SMILES string of the molecule is CC1(C)CC1CNC(=O)c1cc(Cl)cc(S(=O)(=O)Cl)c1Cl. The summed E-state index contributed by atoms with van der Waals surface area (Å²) in [5, 5.41) is 2.60. The first kappa shape index (κ1) is 16.9. The minimum Gasteiger partial charge on any atom is -0.352 e. The van der Waals surface area contributed by atoms with E-state index in [1.54, 1.807) is 0 Å². The van der Waals surface area contributed by atoms with Gasteiger partial charge in [0, 0.05) is 22.2 Å². The van der Waals surface area contributed by atoms with Crippen LogP contribution in [-0.2, 0) is 9.05 Å². The Balaban J connectivity index is 2.23. The van der Waals surface area contributed by atoms with Crippen LogP contribution < -0.4 is 5.32 Å². The molecule has 1 amide bonds. The van der Waals surface area contributed by atoms with Crippen LogP contribution in [0.3, 0.4) is 0 Å². The van der Waals surface area contributed by atoms with E-state index in [0.717, 1.165) is 12.5 Å². The van der Waals surface area contributed by atoms with Crippen LogP contribution in [0.2, 0.25) is 10.0 Å². The molecule has 1 unspecified atom stereocenters. The average molecular weight is 371 g/mol. The highest BCUT2D eigenvalue weighted by Gasteiger charge is 2.45. The number of carbonyl (C=O) groups excluding carboxylic acids is 1. The summed E-state index contributed by atoms with van der Waals surface area (Å²) in [6.07, 6.45) is 1.04. The fraction of sp³-hybridized carbons (Fsp3) is 0.462. The van der Waals surface area contributed by atoms with Gasteiger partial charge in [0.1, 0.15) is 4.90 Å². The predicted octanol–water partition coefficient (Wildman–Crippen LogP) is 3.70. The van der Waals surface area contributed by atoms with Gasteiger partial charge in [-0.05, 0) is 29.9 Å². The van der Waals surface area contributed by atoms with Gasteiger partial charge in [0.15, 0.2) is 0 Å². The molecule has 0 saturated heterocycles. The Labute approximate surface area is 138 Å². The van der Waals surface area contributed by atoms with E-state index in [-0.39, 0.29) is 25.9 Å². The number of halogens is 3. The fourth-order valence-corrected chi connectivity index (χ4v) is 4.00. The molecule has 1 aliphatic carbocycles. The zero-order valence-corrected chi connectivity index (χ0v) is 14.5. The van der Waals surface area contributed by atoms with Gasteiger partial charge in [-0.1, -0.05) is 37.0 Å². The minimum absolute atomic E-state index is 0.00171. The second kappa shape index (κ2) is 5.61. The lowest BCUT2D eigenvalue weighted by Gasteiger charge is -2.10. The zero-order valence-electron chi connectivity index (χ0n) is 11.4. The average Bonchev–Trinajstić information content (AvgIpc) is 2.95. The van der Waals surface area contributed by atoms with Gasteiger partial charge in [-0.2, -0.15) is 0 Å². The molecule has 21 heavy (non-hydrogen) atoms. The maximum atomic E-state index is 12.1. The van der Waals surface area contributed by atoms with Gasteiger partial charge in [0.2, 0.25) is 0 Å². The molecule has 1 fully saturated rings. The number of rotatable bonds is 4. The lowest BCUT2D eigenvalue weighted by molar-refractivity contribution is 0.0950. The lowest BCUT2D eigenvalue weighted by Crippen LogP contribution is -2.27. The molecule has 0 radical (unpaired) electrons. The first-order valence-corrected chi connectivity index (χ1v) is 9.31. The Morgan fingerprint density at radius 3 is 2.43 bits per heavy atom. The first-order chi connectivity index (χ1) is 9.52. The summed E-state index contributed by atoms with van der Waals surface area (Å²) < 4.78 is 22.9. The van der Waals surface area contributed by atoms with Crippen LogP contribution in [0.25, 0.3) is 0 Å². The molecule has 1 aromatic carbocycles. The van der Waals surface area contributed by atoms with Crippen molar-refractivity contribution in [3.8, 4) is 0 Å². The molecule has 116 valence electrons. The number of hydrogen-bond donors (Lipinski definition) is 1. The quantitative estimate of drug-likeness (QED) is 0.822. The molecule has 1 N–H and O–H groups in total. The fourth-order valence-electron chi connectivity index (χ4n) is 2.14. The predicted molar refractivity (Wildman–Crippen MR) is 83.7 cm³/mol. The normalized spacial score (nSPS) is 20.1. The van der Waals surface area contributed by atoms with E-state index in [0.29, 0.717) is 12.5 Å². The number of amides is 1. The number of carbonyl (C=O) groups is 1. The van der Waals surface area contributed by atoms with Crippen molar-refractivity contribution >= 4 is 48.8 Å². The molecule has 4 nitrogen and oxygen atoms in total. The molecule has 1 atom stereocenters. The Bertz CT molecular complexity index is 701. The highest BCUT2D eigenvalue weighted by Crippen LogP contribution is 2.51. The van der Waals surface area contributed by atoms with Gasteiger partial charge in [0.25, 0.3) is 15.0 Å². The molecule has 0 heterocycles. The maximum absolute atomic E-state index is 12.1. The van der Waals surface area contributed by atoms with Crippen LogP contribution in [0.4, 0.5) is 0 Å². The third-order valence-electron chi connectivity index (χ3n) is 3.74. The summed E-state index contributed by atoms with van der Waals surface area (Å²) in [6.45, 7) is 4.75. The van der Waals surface area contributed by atoms with Crippen molar-refractivity contribution in [2.24, 2.45) is 11.3 Å². The van der Waals surface area contributed by atoms with Crippen molar-refractivity contribution in [2.45, 2.75) is 25.2 Å². The van der Waals surface area contributed by atoms with E-state index in [4.69, 9.17) is 33.9 Å². The van der Waals surface area contributed by atoms with Gasteiger partial charge in [0.05, 0.1) is 10.6 Å². The van der Waals surface area contributed by atoms with E-state index in [1.807, 2.05) is 0 Å². The van der Waals surface area contributed by atoms with Gasteiger partial charge >= 0.3 is 0 Å². The van der Waals surface area contributed by atoms with E-state index in [2.05, 4.69) is 19.2 Å². The van der Waals surface area contributed by atoms with Crippen molar-refractivity contribution in [2.75, 3.05) is 6.54 Å². The third-order valence-corrected chi connectivity index (χ3v) is 5.82. The van der Waals surface area contributed by atoms with Gasteiger partial charge < -0.3 is 5.32 Å². The van der Waals surface area contributed by atoms with Crippen molar-refractivity contribution in [3.63, 3.8) is 0 Å². The van der Waals surface area contributed by atoms with Crippen LogP contribution in [0.15, 0.2) is 17.0 Å². The monoisotopic (exact) mass is 369 g/mol. The van der Waals surface area contributed by atoms with Crippen LogP contribution in [0, 0.1) is 11.3 Å². The molecule has 0 aliphatic heterocycles.